The summed E-state index contributed by atoms with van der Waals surface area (Å²) in [6, 6.07) is 0. The molecule has 1 aliphatic heterocycles. The molecule has 1 saturated heterocycles. The molecule has 27 heavy (non-hydrogen) atoms. The molecule has 3 aliphatic rings. The molecule has 0 aromatic rings. The van der Waals surface area contributed by atoms with E-state index in [0.717, 1.165) is 6.42 Å². The Morgan fingerprint density at radius 1 is 1.30 bits per heavy atom. The van der Waals surface area contributed by atoms with E-state index in [2.05, 4.69) is 14.1 Å². The molecule has 0 aromatic carbocycles. The first-order valence-electron chi connectivity index (χ1n) is 8.19. The van der Waals surface area contributed by atoms with Crippen LogP contribution in [0.3, 0.4) is 0 Å². The van der Waals surface area contributed by atoms with Crippen molar-refractivity contribution in [2.75, 3.05) is 6.61 Å². The van der Waals surface area contributed by atoms with Gasteiger partial charge < -0.3 is 14.2 Å². The maximum Gasteiger partial charge on any atom is 0.415 e. The first kappa shape index (κ1) is 20.2. The van der Waals surface area contributed by atoms with Crippen molar-refractivity contribution in [2.45, 2.75) is 44.2 Å². The van der Waals surface area contributed by atoms with Gasteiger partial charge >= 0.3 is 23.2 Å². The summed E-state index contributed by atoms with van der Waals surface area (Å²) in [6.07, 6.45) is 0.293. The highest BCUT2D eigenvalue weighted by Gasteiger charge is 2.63. The van der Waals surface area contributed by atoms with Gasteiger partial charge in [0.1, 0.15) is 30.9 Å². The quantitative estimate of drug-likeness (QED) is 0.208. The zero-order valence-electron chi connectivity index (χ0n) is 14.4. The zero-order chi connectivity index (χ0) is 20.0. The summed E-state index contributed by atoms with van der Waals surface area (Å²) >= 11 is -0.757. The Kier molecular flexibility index (Phi) is 5.36. The van der Waals surface area contributed by atoms with Crippen molar-refractivity contribution in [3.63, 3.8) is 0 Å². The number of carbonyl (C=O) groups is 3. The molecule has 5 atom stereocenters. The zero-order valence-corrected chi connectivity index (χ0v) is 15.2. The number of halogens is 2. The lowest BCUT2D eigenvalue weighted by Crippen LogP contribution is -2.42. The maximum absolute atomic E-state index is 13.4. The average Bonchev–Trinajstić information content (AvgIpc) is 3.22. The van der Waals surface area contributed by atoms with Gasteiger partial charge in [0.25, 0.3) is 0 Å². The minimum atomic E-state index is -4.15. The monoisotopic (exact) mass is 412 g/mol. The third-order valence-electron chi connectivity index (χ3n) is 5.18. The van der Waals surface area contributed by atoms with Crippen molar-refractivity contribution in [3.05, 3.63) is 0 Å². The molecule has 2 saturated carbocycles. The van der Waals surface area contributed by atoms with Crippen LogP contribution in [0.15, 0.2) is 0 Å². The fourth-order valence-corrected chi connectivity index (χ4v) is 4.07. The Morgan fingerprint density at radius 2 is 2.00 bits per heavy atom. The predicted molar refractivity (Wildman–Crippen MR) is 81.5 cm³/mol. The molecule has 3 rings (SSSR count). The van der Waals surface area contributed by atoms with Gasteiger partial charge in [0, 0.05) is 11.8 Å². The van der Waals surface area contributed by atoms with Gasteiger partial charge in [0.05, 0.1) is 11.3 Å². The average molecular weight is 412 g/mol. The van der Waals surface area contributed by atoms with Gasteiger partial charge in [-0.15, -0.1) is 4.33 Å². The van der Waals surface area contributed by atoms with E-state index in [4.69, 9.17) is 14.7 Å². The van der Waals surface area contributed by atoms with Crippen LogP contribution < -0.4 is 0 Å². The van der Waals surface area contributed by atoms with Gasteiger partial charge in [0.15, 0.2) is 0 Å². The maximum atomic E-state index is 13.4. The van der Waals surface area contributed by atoms with Crippen molar-refractivity contribution >= 4 is 30.0 Å². The molecule has 1 heterocycles. The number of fused-ring (bicyclic) bond motifs is 1. The van der Waals surface area contributed by atoms with E-state index in [9.17, 15) is 23.2 Å². The van der Waals surface area contributed by atoms with Crippen molar-refractivity contribution in [3.8, 4) is 0 Å². The smallest absolute Gasteiger partial charge is 0.415 e. The topological polar surface area (TPSA) is 118 Å². The molecule has 152 valence electrons. The number of rotatable bonds is 8. The van der Waals surface area contributed by atoms with Crippen LogP contribution in [0.5, 0.6) is 0 Å². The van der Waals surface area contributed by atoms with Gasteiger partial charge in [-0.3, -0.25) is 9.59 Å². The van der Waals surface area contributed by atoms with E-state index in [1.807, 2.05) is 0 Å². The number of ether oxygens (including phenoxy) is 3. The molecule has 2 bridgehead atoms. The lowest BCUT2D eigenvalue weighted by molar-refractivity contribution is -0.433. The summed E-state index contributed by atoms with van der Waals surface area (Å²) in [6.45, 7) is 2.07. The van der Waals surface area contributed by atoms with Gasteiger partial charge in [0.2, 0.25) is 0 Å². The summed E-state index contributed by atoms with van der Waals surface area (Å²) in [5.74, 6) is -3.06. The van der Waals surface area contributed by atoms with Crippen LogP contribution in [-0.2, 0) is 38.0 Å². The van der Waals surface area contributed by atoms with E-state index in [1.54, 1.807) is 0 Å². The third-order valence-corrected chi connectivity index (χ3v) is 5.69. The number of esters is 3. The summed E-state index contributed by atoms with van der Waals surface area (Å²) < 4.78 is 45.5. The Morgan fingerprint density at radius 3 is 2.67 bits per heavy atom. The van der Waals surface area contributed by atoms with Crippen LogP contribution in [0.4, 0.5) is 8.78 Å². The molecule has 12 heteroatoms. The first-order chi connectivity index (χ1) is 12.6. The van der Waals surface area contributed by atoms with E-state index in [0.29, 0.717) is 6.42 Å². The molecule has 9 nitrogen and oxygen atoms in total. The number of carbonyl (C=O) groups excluding carboxylic acids is 3. The molecule has 3 fully saturated rings. The highest BCUT2D eigenvalue weighted by molar-refractivity contribution is 7.96. The van der Waals surface area contributed by atoms with Gasteiger partial charge in [-0.1, -0.05) is 5.04 Å². The third kappa shape index (κ3) is 3.75. The second-order valence-electron chi connectivity index (χ2n) is 7.48. The number of hydrogen-bond donors (Lipinski definition) is 1. The number of hydrogen-bond acceptors (Lipinski definition) is 10. The molecule has 0 aromatic heterocycles. The minimum absolute atomic E-state index is 0.0233. The molecular weight excluding hydrogens is 394 g/mol. The highest BCUT2D eigenvalue weighted by Crippen LogP contribution is 2.55. The fourth-order valence-electron chi connectivity index (χ4n) is 3.83. The Bertz CT molecular complexity index is 641. The van der Waals surface area contributed by atoms with Crippen LogP contribution in [-0.4, -0.2) is 47.2 Å². The van der Waals surface area contributed by atoms with E-state index in [1.165, 1.54) is 13.8 Å². The van der Waals surface area contributed by atoms with Crippen LogP contribution in [0, 0.1) is 23.2 Å². The molecule has 0 spiro atoms. The van der Waals surface area contributed by atoms with Crippen molar-refractivity contribution in [2.24, 2.45) is 23.2 Å². The van der Waals surface area contributed by atoms with Crippen molar-refractivity contribution in [1.29, 1.82) is 0 Å². The van der Waals surface area contributed by atoms with Gasteiger partial charge in [-0.25, -0.2) is 10.1 Å². The van der Waals surface area contributed by atoms with Gasteiger partial charge in [-0.2, -0.15) is 8.78 Å². The fraction of sp³-hybridized carbons (Fsp3) is 0.800. The van der Waals surface area contributed by atoms with Crippen molar-refractivity contribution in [1.82, 2.24) is 0 Å². The molecule has 1 N–H and O–H groups in total. The molecule has 2 aliphatic carbocycles. The Labute approximate surface area is 156 Å². The second-order valence-corrected chi connectivity index (χ2v) is 8.29. The normalized spacial score (nSPS) is 31.7. The molecule has 0 amide bonds. The van der Waals surface area contributed by atoms with Crippen LogP contribution in [0.25, 0.3) is 0 Å². The largest absolute Gasteiger partial charge is 0.459 e. The van der Waals surface area contributed by atoms with Crippen LogP contribution in [0.1, 0.15) is 26.7 Å². The Balaban J connectivity index is 1.54. The van der Waals surface area contributed by atoms with Crippen LogP contribution >= 0.6 is 12.0 Å². The predicted octanol–water partition coefficient (Wildman–Crippen LogP) is 1.71. The van der Waals surface area contributed by atoms with E-state index >= 15 is 0 Å². The molecule has 0 radical (unpaired) electrons. The summed E-state index contributed by atoms with van der Waals surface area (Å²) in [5, 5.41) is 6.72. The van der Waals surface area contributed by atoms with Crippen LogP contribution in [0.2, 0.25) is 0 Å². The minimum Gasteiger partial charge on any atom is -0.459 e. The van der Waals surface area contributed by atoms with E-state index in [-0.39, 0.29) is 23.7 Å². The molecular formula is C15H18F2O9S. The summed E-state index contributed by atoms with van der Waals surface area (Å²) in [4.78, 5) is 35.6. The van der Waals surface area contributed by atoms with E-state index < -0.39 is 53.5 Å². The number of alkyl halides is 2. The highest BCUT2D eigenvalue weighted by atomic mass is 32.2. The lowest BCUT2D eigenvalue weighted by Gasteiger charge is -2.30. The SMILES string of the molecule is CC(C)(COC(=O)C(F)(F)SOOO)C(=O)OC1C2CC3C(=O)OC1C3C2. The van der Waals surface area contributed by atoms with Crippen molar-refractivity contribution < 1.29 is 52.0 Å². The van der Waals surface area contributed by atoms with Gasteiger partial charge in [-0.05, 0) is 26.7 Å². The molecule has 5 unspecified atom stereocenters. The summed E-state index contributed by atoms with van der Waals surface area (Å²) in [5.41, 5.74) is -1.41. The first-order valence-corrected chi connectivity index (χ1v) is 8.93. The second kappa shape index (κ2) is 7.15. The standard InChI is InChI=1S/C15H18F2O9S/c1-14(2,5-22-13(20)15(16,17)27-26-25-21)12(19)24-9-6-3-7-8(4-6)11(18)23-10(7)9/h6-10,21H,3-5H2,1-2H3. The summed E-state index contributed by atoms with van der Waals surface area (Å²) in [7, 11) is 0. The Hall–Kier alpha value is -1.50. The lowest BCUT2D eigenvalue weighted by atomic mass is 9.87.